The van der Waals surface area contributed by atoms with Gasteiger partial charge in [-0.25, -0.2) is 0 Å². The van der Waals surface area contributed by atoms with E-state index >= 15 is 0 Å². The zero-order valence-electron chi connectivity index (χ0n) is 38.5. The molecule has 0 heterocycles. The van der Waals surface area contributed by atoms with Crippen LogP contribution in [0.3, 0.4) is 0 Å². The second kappa shape index (κ2) is 46.1. The Balaban J connectivity index is 4.66. The highest BCUT2D eigenvalue weighted by Crippen LogP contribution is 2.39. The van der Waals surface area contributed by atoms with Crippen LogP contribution in [0.4, 0.5) is 0 Å². The van der Waals surface area contributed by atoms with E-state index in [1.54, 1.807) is 0 Å². The number of aliphatic hydroxyl groups excluding tert-OH is 1. The fraction of sp³-hybridized carbons (Fsp3) is 0.981. The van der Waals surface area contributed by atoms with E-state index in [0.29, 0.717) is 0 Å². The van der Waals surface area contributed by atoms with E-state index in [9.17, 15) is 9.90 Å². The molecule has 0 amide bonds. The lowest BCUT2D eigenvalue weighted by molar-refractivity contribution is -0.159. The second-order valence-corrected chi connectivity index (χ2v) is 18.2. The van der Waals surface area contributed by atoms with Gasteiger partial charge in [0, 0.05) is 0 Å². The van der Waals surface area contributed by atoms with Gasteiger partial charge in [0.1, 0.15) is 6.61 Å². The number of carbonyl (C=O) groups excluding carboxylic acids is 1. The van der Waals surface area contributed by atoms with Gasteiger partial charge in [-0.05, 0) is 19.3 Å². The summed E-state index contributed by atoms with van der Waals surface area (Å²) in [6, 6.07) is 0. The van der Waals surface area contributed by atoms with Gasteiger partial charge in [-0.1, -0.05) is 290 Å². The van der Waals surface area contributed by atoms with Crippen LogP contribution in [0, 0.1) is 5.41 Å². The Morgan fingerprint density at radius 2 is 0.509 bits per heavy atom. The van der Waals surface area contributed by atoms with Gasteiger partial charge in [0.2, 0.25) is 0 Å². The topological polar surface area (TPSA) is 46.5 Å². The Labute approximate surface area is 347 Å². The van der Waals surface area contributed by atoms with Crippen LogP contribution >= 0.6 is 0 Å². The molecule has 0 radical (unpaired) electrons. The van der Waals surface area contributed by atoms with Crippen LogP contribution in [0.5, 0.6) is 0 Å². The zero-order valence-corrected chi connectivity index (χ0v) is 38.5. The van der Waals surface area contributed by atoms with Crippen LogP contribution in [0.25, 0.3) is 0 Å². The standard InChI is InChI=1S/C52H104O3/c1-4-7-10-13-16-19-22-25-28-31-34-37-40-43-46-52(51(54)55-50-49-53,47-44-41-38-35-32-29-26-23-20-17-14-11-8-5-2)48-45-42-39-36-33-30-27-24-21-18-15-12-9-6-3/h53H,4-50H2,1-3H3. The van der Waals surface area contributed by atoms with Crippen molar-refractivity contribution in [3.8, 4) is 0 Å². The summed E-state index contributed by atoms with van der Waals surface area (Å²) >= 11 is 0. The van der Waals surface area contributed by atoms with Gasteiger partial charge in [-0.2, -0.15) is 0 Å². The maximum absolute atomic E-state index is 13.8. The van der Waals surface area contributed by atoms with Crippen molar-refractivity contribution in [2.24, 2.45) is 5.41 Å². The van der Waals surface area contributed by atoms with Crippen molar-refractivity contribution in [1.29, 1.82) is 0 Å². The highest BCUT2D eigenvalue weighted by molar-refractivity contribution is 5.76. The van der Waals surface area contributed by atoms with Gasteiger partial charge in [0.25, 0.3) is 0 Å². The Kier molecular flexibility index (Phi) is 45.6. The predicted octanol–water partition coefficient (Wildman–Crippen LogP) is 18.1. The molecule has 0 aromatic rings. The first-order valence-electron chi connectivity index (χ1n) is 25.9. The average molecular weight is 777 g/mol. The van der Waals surface area contributed by atoms with E-state index in [-0.39, 0.29) is 24.6 Å². The molecule has 0 fully saturated rings. The van der Waals surface area contributed by atoms with Crippen LogP contribution in [0.1, 0.15) is 310 Å². The van der Waals surface area contributed by atoms with E-state index in [1.807, 2.05) is 0 Å². The number of unbranched alkanes of at least 4 members (excludes halogenated alkanes) is 39. The molecule has 3 nitrogen and oxygen atoms in total. The molecule has 330 valence electrons. The van der Waals surface area contributed by atoms with Crippen molar-refractivity contribution >= 4 is 5.97 Å². The quantitative estimate of drug-likeness (QED) is 0.0494. The minimum atomic E-state index is -0.347. The van der Waals surface area contributed by atoms with Crippen LogP contribution in [0.15, 0.2) is 0 Å². The Morgan fingerprint density at radius 1 is 0.327 bits per heavy atom. The summed E-state index contributed by atoms with van der Waals surface area (Å²) in [5.74, 6) is 0.000585. The summed E-state index contributed by atoms with van der Waals surface area (Å²) in [5.41, 5.74) is -0.347. The molecule has 0 saturated carbocycles. The van der Waals surface area contributed by atoms with Crippen molar-refractivity contribution in [1.82, 2.24) is 0 Å². The number of rotatable bonds is 48. The lowest BCUT2D eigenvalue weighted by Gasteiger charge is -2.32. The van der Waals surface area contributed by atoms with E-state index in [1.165, 1.54) is 250 Å². The smallest absolute Gasteiger partial charge is 0.312 e. The maximum atomic E-state index is 13.8. The SMILES string of the molecule is CCCCCCCCCCCCCCCCC(CCCCCCCCCCCCCCCC)(CCCCCCCCCCCCCCCC)C(=O)OCCO. The number of ether oxygens (including phenoxy) is 1. The molecule has 55 heavy (non-hydrogen) atoms. The normalized spacial score (nSPS) is 11.9. The number of hydrogen-bond donors (Lipinski definition) is 1. The monoisotopic (exact) mass is 777 g/mol. The third-order valence-corrected chi connectivity index (χ3v) is 12.8. The molecule has 3 heteroatoms. The molecule has 0 spiro atoms. The van der Waals surface area contributed by atoms with Gasteiger partial charge < -0.3 is 9.84 Å². The lowest BCUT2D eigenvalue weighted by atomic mass is 9.74. The maximum Gasteiger partial charge on any atom is 0.312 e. The Hall–Kier alpha value is -0.570. The largest absolute Gasteiger partial charge is 0.463 e. The molecule has 1 N–H and O–H groups in total. The number of carbonyl (C=O) groups is 1. The molecular formula is C52H104O3. The van der Waals surface area contributed by atoms with Crippen molar-refractivity contribution in [2.45, 2.75) is 310 Å². The van der Waals surface area contributed by atoms with Gasteiger partial charge in [0.15, 0.2) is 0 Å². The first kappa shape index (κ1) is 54.4. The van der Waals surface area contributed by atoms with E-state index < -0.39 is 0 Å². The second-order valence-electron chi connectivity index (χ2n) is 18.2. The summed E-state index contributed by atoms with van der Waals surface area (Å²) in [6.45, 7) is 6.97. The fourth-order valence-electron chi connectivity index (χ4n) is 8.95. The molecule has 0 saturated heterocycles. The zero-order chi connectivity index (χ0) is 40.0. The summed E-state index contributed by atoms with van der Waals surface area (Å²) < 4.78 is 5.78. The highest BCUT2D eigenvalue weighted by atomic mass is 16.5. The lowest BCUT2D eigenvalue weighted by Crippen LogP contribution is -2.34. The molecule has 0 unspecified atom stereocenters. The molecule has 0 aliphatic rings. The van der Waals surface area contributed by atoms with Crippen LogP contribution < -0.4 is 0 Å². The number of esters is 1. The molecule has 0 aliphatic carbocycles. The molecule has 0 bridgehead atoms. The molecule has 0 rings (SSSR count). The molecule has 0 aromatic carbocycles. The number of aliphatic hydroxyl groups is 1. The van der Waals surface area contributed by atoms with Crippen molar-refractivity contribution in [3.63, 3.8) is 0 Å². The minimum Gasteiger partial charge on any atom is -0.463 e. The number of hydrogen-bond acceptors (Lipinski definition) is 3. The van der Waals surface area contributed by atoms with Crippen LogP contribution in [-0.4, -0.2) is 24.3 Å². The van der Waals surface area contributed by atoms with Gasteiger partial charge >= 0.3 is 5.97 Å². The van der Waals surface area contributed by atoms with Gasteiger partial charge in [-0.15, -0.1) is 0 Å². The van der Waals surface area contributed by atoms with E-state index in [4.69, 9.17) is 4.74 Å². The van der Waals surface area contributed by atoms with E-state index in [2.05, 4.69) is 20.8 Å². The third-order valence-electron chi connectivity index (χ3n) is 12.8. The Bertz CT molecular complexity index is 641. The van der Waals surface area contributed by atoms with Gasteiger partial charge in [0.05, 0.1) is 12.0 Å². The van der Waals surface area contributed by atoms with Crippen molar-refractivity contribution in [3.05, 3.63) is 0 Å². The summed E-state index contributed by atoms with van der Waals surface area (Å²) in [6.07, 6.45) is 60.2. The van der Waals surface area contributed by atoms with Gasteiger partial charge in [-0.3, -0.25) is 4.79 Å². The third kappa shape index (κ3) is 38.7. The summed E-state index contributed by atoms with van der Waals surface area (Å²) in [5, 5.41) is 9.53. The van der Waals surface area contributed by atoms with Crippen molar-refractivity contribution < 1.29 is 14.6 Å². The first-order valence-corrected chi connectivity index (χ1v) is 25.9. The highest BCUT2D eigenvalue weighted by Gasteiger charge is 2.38. The predicted molar refractivity (Wildman–Crippen MR) is 245 cm³/mol. The van der Waals surface area contributed by atoms with Crippen LogP contribution in [-0.2, 0) is 9.53 Å². The molecular weight excluding hydrogens is 673 g/mol. The Morgan fingerprint density at radius 3 is 0.691 bits per heavy atom. The molecule has 0 aromatic heterocycles. The summed E-state index contributed by atoms with van der Waals surface area (Å²) in [7, 11) is 0. The minimum absolute atomic E-state index is 0.000585. The average Bonchev–Trinajstić information content (AvgIpc) is 3.19. The fourth-order valence-corrected chi connectivity index (χ4v) is 8.95. The van der Waals surface area contributed by atoms with Crippen molar-refractivity contribution in [2.75, 3.05) is 13.2 Å². The first-order chi connectivity index (χ1) is 27.2. The molecule has 0 aliphatic heterocycles. The van der Waals surface area contributed by atoms with Crippen LogP contribution in [0.2, 0.25) is 0 Å². The van der Waals surface area contributed by atoms with E-state index in [0.717, 1.165) is 38.5 Å². The summed E-state index contributed by atoms with van der Waals surface area (Å²) in [4.78, 5) is 13.8. The molecule has 0 atom stereocenters.